The Hall–Kier alpha value is -2.41. The zero-order valence-electron chi connectivity index (χ0n) is 9.09. The summed E-state index contributed by atoms with van der Waals surface area (Å²) >= 11 is 0. The van der Waals surface area contributed by atoms with Crippen molar-refractivity contribution in [3.63, 3.8) is 0 Å². The number of hydrazine groups is 1. The van der Waals surface area contributed by atoms with Gasteiger partial charge in [0.05, 0.1) is 6.20 Å². The van der Waals surface area contributed by atoms with E-state index in [0.717, 1.165) is 17.1 Å². The highest BCUT2D eigenvalue weighted by Crippen LogP contribution is 2.14. The van der Waals surface area contributed by atoms with Gasteiger partial charge in [0, 0.05) is 5.56 Å². The molecule has 0 fully saturated rings. The normalized spacial score (nSPS) is 14.1. The summed E-state index contributed by atoms with van der Waals surface area (Å²) in [6.45, 7) is 0. The number of carbonyl (C=O) groups is 2. The second kappa shape index (κ2) is 4.84. The Kier molecular flexibility index (Phi) is 3.24. The number of carboxylic acid groups (broad SMARTS) is 1. The minimum Gasteiger partial charge on any atom is -0.481 e. The summed E-state index contributed by atoms with van der Waals surface area (Å²) < 4.78 is 12.7. The van der Waals surface area contributed by atoms with Crippen molar-refractivity contribution in [3.05, 3.63) is 47.6 Å². The maximum atomic E-state index is 12.7. The average Bonchev–Trinajstić information content (AvgIpc) is 2.76. The maximum absolute atomic E-state index is 12.7. The molecule has 1 aliphatic heterocycles. The molecule has 1 aromatic rings. The Morgan fingerprint density at radius 3 is 2.61 bits per heavy atom. The minimum absolute atomic E-state index is 0.109. The number of nitrogens with zero attached hydrogens (tertiary/aromatic N) is 1. The van der Waals surface area contributed by atoms with Crippen LogP contribution in [0.5, 0.6) is 0 Å². The number of carbonyl (C=O) groups excluding carboxylic acids is 1. The van der Waals surface area contributed by atoms with Gasteiger partial charge in [0.15, 0.2) is 5.76 Å². The van der Waals surface area contributed by atoms with E-state index in [2.05, 4.69) is 5.59 Å². The zero-order chi connectivity index (χ0) is 13.1. The largest absolute Gasteiger partial charge is 0.481 e. The lowest BCUT2D eigenvalue weighted by molar-refractivity contribution is -0.137. The first-order chi connectivity index (χ1) is 8.56. The fourth-order valence-electron chi connectivity index (χ4n) is 1.37. The third-order valence-electron chi connectivity index (χ3n) is 2.18. The highest BCUT2D eigenvalue weighted by atomic mass is 19.1. The molecule has 0 aromatic heterocycles. The number of hydrogen-bond acceptors (Lipinski definition) is 4. The molecule has 2 rings (SSSR count). The number of aliphatic carboxylic acids is 1. The molecule has 0 atom stereocenters. The van der Waals surface area contributed by atoms with Gasteiger partial charge in [-0.3, -0.25) is 9.59 Å². The lowest BCUT2D eigenvalue weighted by Crippen LogP contribution is -2.33. The van der Waals surface area contributed by atoms with Crippen LogP contribution in [0.15, 0.2) is 36.2 Å². The first-order valence-electron chi connectivity index (χ1n) is 5.00. The van der Waals surface area contributed by atoms with Crippen LogP contribution in [-0.4, -0.2) is 22.0 Å². The van der Waals surface area contributed by atoms with Gasteiger partial charge < -0.3 is 9.94 Å². The number of nitrogens with one attached hydrogen (secondary N) is 1. The topological polar surface area (TPSA) is 78.9 Å². The Morgan fingerprint density at radius 2 is 2.00 bits per heavy atom. The molecule has 2 N–H and O–H groups in total. The molecular weight excluding hydrogens is 243 g/mol. The third-order valence-corrected chi connectivity index (χ3v) is 2.18. The van der Waals surface area contributed by atoms with Crippen molar-refractivity contribution >= 4 is 11.9 Å². The molecule has 6 nitrogen and oxygen atoms in total. The van der Waals surface area contributed by atoms with Crippen LogP contribution < -0.4 is 5.59 Å². The monoisotopic (exact) mass is 252 g/mol. The Balaban J connectivity index is 2.09. The summed E-state index contributed by atoms with van der Waals surface area (Å²) in [5.74, 6) is -1.88. The lowest BCUT2D eigenvalue weighted by atomic mass is 10.2. The molecule has 0 unspecified atom stereocenters. The van der Waals surface area contributed by atoms with E-state index in [0.29, 0.717) is 0 Å². The molecule has 0 aliphatic carbocycles. The molecule has 0 radical (unpaired) electrons. The van der Waals surface area contributed by atoms with Gasteiger partial charge in [-0.05, 0) is 24.3 Å². The molecule has 1 amide bonds. The van der Waals surface area contributed by atoms with Gasteiger partial charge in [0.2, 0.25) is 0 Å². The first-order valence-corrected chi connectivity index (χ1v) is 5.00. The Morgan fingerprint density at radius 1 is 1.33 bits per heavy atom. The van der Waals surface area contributed by atoms with Crippen LogP contribution in [-0.2, 0) is 9.63 Å². The second-order valence-corrected chi connectivity index (χ2v) is 3.54. The van der Waals surface area contributed by atoms with Crippen LogP contribution in [0.2, 0.25) is 0 Å². The van der Waals surface area contributed by atoms with Gasteiger partial charge in [-0.2, -0.15) is 0 Å². The average molecular weight is 252 g/mol. The van der Waals surface area contributed by atoms with Crippen LogP contribution in [0.3, 0.4) is 0 Å². The number of carboxylic acids is 1. The van der Waals surface area contributed by atoms with Crippen LogP contribution in [0.4, 0.5) is 4.39 Å². The summed E-state index contributed by atoms with van der Waals surface area (Å²) in [5, 5.41) is 9.54. The Labute approximate surface area is 101 Å². The summed E-state index contributed by atoms with van der Waals surface area (Å²) in [4.78, 5) is 27.1. The van der Waals surface area contributed by atoms with Gasteiger partial charge in [0.1, 0.15) is 12.2 Å². The van der Waals surface area contributed by atoms with E-state index < -0.39 is 17.7 Å². The van der Waals surface area contributed by atoms with Crippen LogP contribution in [0, 0.1) is 5.82 Å². The molecule has 1 aromatic carbocycles. The SMILES string of the molecule is O=C(O)CC1=CN(C(=O)c2ccc(F)cc2)NO1. The lowest BCUT2D eigenvalue weighted by Gasteiger charge is -2.11. The molecule has 0 saturated carbocycles. The summed E-state index contributed by atoms with van der Waals surface area (Å²) in [6.07, 6.45) is 0.903. The van der Waals surface area contributed by atoms with Gasteiger partial charge in [-0.15, -0.1) is 0 Å². The van der Waals surface area contributed by atoms with Crippen molar-refractivity contribution in [2.75, 3.05) is 0 Å². The van der Waals surface area contributed by atoms with Gasteiger partial charge in [0.25, 0.3) is 5.91 Å². The summed E-state index contributed by atoms with van der Waals surface area (Å²) in [7, 11) is 0. The fourth-order valence-corrected chi connectivity index (χ4v) is 1.37. The predicted molar refractivity (Wildman–Crippen MR) is 57.1 cm³/mol. The van der Waals surface area contributed by atoms with Crippen molar-refractivity contribution in [1.82, 2.24) is 10.6 Å². The van der Waals surface area contributed by atoms with Crippen LogP contribution >= 0.6 is 0 Å². The molecule has 1 aliphatic rings. The van der Waals surface area contributed by atoms with E-state index in [9.17, 15) is 14.0 Å². The van der Waals surface area contributed by atoms with Gasteiger partial charge >= 0.3 is 5.97 Å². The van der Waals surface area contributed by atoms with Crippen LogP contribution in [0.1, 0.15) is 16.8 Å². The highest BCUT2D eigenvalue weighted by molar-refractivity contribution is 5.94. The van der Waals surface area contributed by atoms with Crippen molar-refractivity contribution < 1.29 is 23.9 Å². The number of amides is 1. The molecule has 94 valence electrons. The van der Waals surface area contributed by atoms with Gasteiger partial charge in [-0.1, -0.05) is 5.59 Å². The van der Waals surface area contributed by atoms with E-state index in [1.807, 2.05) is 0 Å². The van der Waals surface area contributed by atoms with E-state index in [1.165, 1.54) is 18.3 Å². The smallest absolute Gasteiger partial charge is 0.311 e. The number of rotatable bonds is 3. The minimum atomic E-state index is -1.07. The number of benzene rings is 1. The fraction of sp³-hybridized carbons (Fsp3) is 0.0909. The van der Waals surface area contributed by atoms with E-state index in [1.54, 1.807) is 0 Å². The molecule has 1 heterocycles. The number of halogens is 1. The van der Waals surface area contributed by atoms with E-state index in [4.69, 9.17) is 9.94 Å². The van der Waals surface area contributed by atoms with Crippen LogP contribution in [0.25, 0.3) is 0 Å². The van der Waals surface area contributed by atoms with Gasteiger partial charge in [-0.25, -0.2) is 9.40 Å². The standard InChI is InChI=1S/C11H9FN2O4/c12-8-3-1-7(2-4-8)11(17)14-6-9(18-13-14)5-10(15)16/h1-4,6,13H,5H2,(H,15,16). The van der Waals surface area contributed by atoms with Crippen molar-refractivity contribution in [1.29, 1.82) is 0 Å². The quantitative estimate of drug-likeness (QED) is 0.840. The summed E-state index contributed by atoms with van der Waals surface area (Å²) in [6, 6.07) is 4.96. The predicted octanol–water partition coefficient (Wildman–Crippen LogP) is 1.03. The van der Waals surface area contributed by atoms with Crippen molar-refractivity contribution in [3.8, 4) is 0 Å². The van der Waals surface area contributed by atoms with Crippen molar-refractivity contribution in [2.45, 2.75) is 6.42 Å². The molecular formula is C11H9FN2O4. The molecule has 18 heavy (non-hydrogen) atoms. The Bertz CT molecular complexity index is 512. The molecule has 7 heteroatoms. The second-order valence-electron chi connectivity index (χ2n) is 3.54. The first kappa shape index (κ1) is 12.1. The molecule has 0 bridgehead atoms. The molecule has 0 saturated heterocycles. The van der Waals surface area contributed by atoms with E-state index in [-0.39, 0.29) is 17.7 Å². The highest BCUT2D eigenvalue weighted by Gasteiger charge is 2.22. The van der Waals surface area contributed by atoms with Crippen molar-refractivity contribution in [2.24, 2.45) is 0 Å². The number of hydrogen-bond donors (Lipinski definition) is 2. The van der Waals surface area contributed by atoms with E-state index >= 15 is 0 Å². The maximum Gasteiger partial charge on any atom is 0.311 e. The third kappa shape index (κ3) is 2.64. The zero-order valence-corrected chi connectivity index (χ0v) is 9.09. The summed E-state index contributed by atoms with van der Waals surface area (Å²) in [5.41, 5.74) is 2.51. The molecule has 0 spiro atoms.